The van der Waals surface area contributed by atoms with Crippen molar-refractivity contribution in [3.63, 3.8) is 0 Å². The van der Waals surface area contributed by atoms with Crippen LogP contribution >= 0.6 is 0 Å². The van der Waals surface area contributed by atoms with E-state index in [4.69, 9.17) is 9.84 Å². The van der Waals surface area contributed by atoms with Crippen molar-refractivity contribution in [1.29, 1.82) is 0 Å². The number of para-hydroxylation sites is 2. The van der Waals surface area contributed by atoms with Gasteiger partial charge in [0.05, 0.1) is 12.1 Å². The molecule has 0 saturated carbocycles. The van der Waals surface area contributed by atoms with Crippen LogP contribution in [0, 0.1) is 0 Å². The topological polar surface area (TPSA) is 71.8 Å². The third-order valence-corrected chi connectivity index (χ3v) is 3.57. The smallest absolute Gasteiger partial charge is 0.307 e. The lowest BCUT2D eigenvalue weighted by molar-refractivity contribution is -0.142. The lowest BCUT2D eigenvalue weighted by Gasteiger charge is -2.34. The highest BCUT2D eigenvalue weighted by Gasteiger charge is 2.35. The zero-order valence-corrected chi connectivity index (χ0v) is 11.9. The van der Waals surface area contributed by atoms with Gasteiger partial charge in [-0.15, -0.1) is 0 Å². The number of hydrogen-bond acceptors (Lipinski definition) is 3. The number of carbonyl (C=O) groups excluding carboxylic acids is 1. The van der Waals surface area contributed by atoms with Crippen molar-refractivity contribution in [2.45, 2.75) is 19.1 Å². The second-order valence-corrected chi connectivity index (χ2v) is 5.08. The number of rotatable bonds is 5. The predicted molar refractivity (Wildman–Crippen MR) is 79.9 cm³/mol. The summed E-state index contributed by atoms with van der Waals surface area (Å²) in [5.74, 6) is -0.822. The maximum absolute atomic E-state index is 12.5. The Balaban J connectivity index is 1.84. The van der Waals surface area contributed by atoms with Gasteiger partial charge in [-0.25, -0.2) is 0 Å². The summed E-state index contributed by atoms with van der Waals surface area (Å²) in [5, 5.41) is 8.94. The fourth-order valence-electron chi connectivity index (χ4n) is 2.53. The number of carboxylic acid groups (broad SMARTS) is 1. The molecule has 2 heterocycles. The first-order valence-electron chi connectivity index (χ1n) is 7.05. The summed E-state index contributed by atoms with van der Waals surface area (Å²) in [5.41, 5.74) is 0.682. The van der Waals surface area contributed by atoms with Gasteiger partial charge in [-0.2, -0.15) is 0 Å². The van der Waals surface area contributed by atoms with Crippen LogP contribution in [0.4, 0.5) is 5.69 Å². The van der Waals surface area contributed by atoms with Crippen LogP contribution in [0.25, 0.3) is 0 Å². The van der Waals surface area contributed by atoms with Crippen LogP contribution in [-0.2, 0) is 16.1 Å². The van der Waals surface area contributed by atoms with E-state index in [0.717, 1.165) is 0 Å². The number of anilines is 1. The van der Waals surface area contributed by atoms with E-state index < -0.39 is 12.1 Å². The van der Waals surface area contributed by atoms with Crippen LogP contribution < -0.4 is 9.64 Å². The molecule has 114 valence electrons. The van der Waals surface area contributed by atoms with Gasteiger partial charge >= 0.3 is 5.97 Å². The first-order chi connectivity index (χ1) is 10.6. The molecule has 0 saturated heterocycles. The Kier molecular flexibility index (Phi) is 3.82. The summed E-state index contributed by atoms with van der Waals surface area (Å²) in [6.07, 6.45) is 2.53. The third kappa shape index (κ3) is 2.81. The van der Waals surface area contributed by atoms with Crippen molar-refractivity contribution >= 4 is 17.6 Å². The van der Waals surface area contributed by atoms with Gasteiger partial charge in [0.15, 0.2) is 6.10 Å². The van der Waals surface area contributed by atoms with Crippen LogP contribution in [0.3, 0.4) is 0 Å². The largest absolute Gasteiger partial charge is 0.481 e. The zero-order valence-electron chi connectivity index (χ0n) is 11.9. The maximum Gasteiger partial charge on any atom is 0.307 e. The number of fused-ring (bicyclic) bond motifs is 1. The second-order valence-electron chi connectivity index (χ2n) is 5.08. The summed E-state index contributed by atoms with van der Waals surface area (Å²) < 4.78 is 7.51. The Morgan fingerprint density at radius 2 is 1.86 bits per heavy atom. The number of benzene rings is 1. The molecule has 0 fully saturated rings. The number of ether oxygens (including phenoxy) is 1. The Morgan fingerprint density at radius 3 is 2.59 bits per heavy atom. The summed E-state index contributed by atoms with van der Waals surface area (Å²) in [4.78, 5) is 25.0. The summed E-state index contributed by atoms with van der Waals surface area (Å²) in [7, 11) is 0. The molecular weight excluding hydrogens is 284 g/mol. The first-order valence-corrected chi connectivity index (χ1v) is 7.05. The second kappa shape index (κ2) is 5.93. The minimum atomic E-state index is -1.05. The molecule has 0 aliphatic carbocycles. The molecular formula is C16H16N2O4. The van der Waals surface area contributed by atoms with Gasteiger partial charge in [0.2, 0.25) is 0 Å². The van der Waals surface area contributed by atoms with E-state index in [-0.39, 0.29) is 12.3 Å². The van der Waals surface area contributed by atoms with Crippen molar-refractivity contribution in [2.24, 2.45) is 0 Å². The summed E-state index contributed by atoms with van der Waals surface area (Å²) in [6, 6.07) is 11.0. The van der Waals surface area contributed by atoms with Gasteiger partial charge in [-0.1, -0.05) is 12.1 Å². The monoisotopic (exact) mass is 300 g/mol. The van der Waals surface area contributed by atoms with Gasteiger partial charge in [-0.3, -0.25) is 9.59 Å². The lowest BCUT2D eigenvalue weighted by atomic mass is 10.1. The lowest BCUT2D eigenvalue weighted by Crippen LogP contribution is -2.47. The van der Waals surface area contributed by atoms with Crippen molar-refractivity contribution in [3.05, 3.63) is 48.8 Å². The fraction of sp³-hybridized carbons (Fsp3) is 0.250. The van der Waals surface area contributed by atoms with Crippen molar-refractivity contribution < 1.29 is 19.4 Å². The molecule has 1 aromatic carbocycles. The molecule has 6 heteroatoms. The van der Waals surface area contributed by atoms with Crippen molar-refractivity contribution in [3.8, 4) is 5.75 Å². The highest BCUT2D eigenvalue weighted by molar-refractivity contribution is 6.01. The molecule has 1 atom stereocenters. The van der Waals surface area contributed by atoms with E-state index in [1.165, 1.54) is 0 Å². The molecule has 22 heavy (non-hydrogen) atoms. The van der Waals surface area contributed by atoms with Gasteiger partial charge < -0.3 is 19.3 Å². The number of carbonyl (C=O) groups is 2. The van der Waals surface area contributed by atoms with E-state index in [1.54, 1.807) is 23.1 Å². The van der Waals surface area contributed by atoms with Gasteiger partial charge in [0.1, 0.15) is 5.75 Å². The number of aliphatic carboxylic acids is 1. The Bertz CT molecular complexity index is 681. The first kappa shape index (κ1) is 14.2. The van der Waals surface area contributed by atoms with E-state index in [0.29, 0.717) is 24.5 Å². The molecule has 3 rings (SSSR count). The molecule has 0 radical (unpaired) electrons. The highest BCUT2D eigenvalue weighted by Crippen LogP contribution is 2.34. The minimum absolute atomic E-state index is 0.312. The average molecular weight is 300 g/mol. The number of aromatic nitrogens is 1. The standard InChI is InChI=1S/C16H16N2O4/c19-15(20)11-14-16(21)18(10-9-17-7-3-4-8-17)12-5-1-2-6-13(12)22-14/h1-8,14H,9-11H2,(H,19,20). The number of carboxylic acids is 1. The Morgan fingerprint density at radius 1 is 1.14 bits per heavy atom. The molecule has 1 unspecified atom stereocenters. The van der Waals surface area contributed by atoms with Crippen LogP contribution in [0.15, 0.2) is 48.8 Å². The maximum atomic E-state index is 12.5. The third-order valence-electron chi connectivity index (χ3n) is 3.57. The molecule has 1 aliphatic heterocycles. The van der Waals surface area contributed by atoms with Gasteiger partial charge in [0, 0.05) is 25.5 Å². The van der Waals surface area contributed by atoms with Gasteiger partial charge in [0.25, 0.3) is 5.91 Å². The molecule has 1 aliphatic rings. The van der Waals surface area contributed by atoms with E-state index >= 15 is 0 Å². The summed E-state index contributed by atoms with van der Waals surface area (Å²) >= 11 is 0. The number of nitrogens with zero attached hydrogens (tertiary/aromatic N) is 2. The molecule has 0 bridgehead atoms. The minimum Gasteiger partial charge on any atom is -0.481 e. The van der Waals surface area contributed by atoms with E-state index in [2.05, 4.69) is 0 Å². The van der Waals surface area contributed by atoms with Crippen LogP contribution in [0.5, 0.6) is 5.75 Å². The highest BCUT2D eigenvalue weighted by atomic mass is 16.5. The predicted octanol–water partition coefficient (Wildman–Crippen LogP) is 1.76. The quantitative estimate of drug-likeness (QED) is 0.913. The van der Waals surface area contributed by atoms with E-state index in [9.17, 15) is 9.59 Å². The van der Waals surface area contributed by atoms with E-state index in [1.807, 2.05) is 35.2 Å². The Labute approximate surface area is 127 Å². The number of amides is 1. The molecule has 2 aromatic rings. The van der Waals surface area contributed by atoms with Gasteiger partial charge in [-0.05, 0) is 24.3 Å². The van der Waals surface area contributed by atoms with Crippen LogP contribution in [0.2, 0.25) is 0 Å². The Hall–Kier alpha value is -2.76. The normalized spacial score (nSPS) is 17.0. The van der Waals surface area contributed by atoms with Crippen LogP contribution in [-0.4, -0.2) is 34.2 Å². The molecule has 1 amide bonds. The molecule has 6 nitrogen and oxygen atoms in total. The zero-order chi connectivity index (χ0) is 15.5. The summed E-state index contributed by atoms with van der Waals surface area (Å²) in [6.45, 7) is 1.09. The molecule has 0 spiro atoms. The molecule has 1 aromatic heterocycles. The SMILES string of the molecule is O=C(O)CC1Oc2ccccc2N(CCn2cccc2)C1=O. The van der Waals surface area contributed by atoms with Crippen molar-refractivity contribution in [1.82, 2.24) is 4.57 Å². The number of hydrogen-bond donors (Lipinski definition) is 1. The van der Waals surface area contributed by atoms with Crippen molar-refractivity contribution in [2.75, 3.05) is 11.4 Å². The fourth-order valence-corrected chi connectivity index (χ4v) is 2.53. The average Bonchev–Trinajstić information content (AvgIpc) is 3.00. The molecule has 1 N–H and O–H groups in total. The van der Waals surface area contributed by atoms with Crippen LogP contribution in [0.1, 0.15) is 6.42 Å².